The second-order valence-electron chi connectivity index (χ2n) is 16.4. The molecule has 0 aromatic carbocycles. The molecule has 54 heavy (non-hydrogen) atoms. The van der Waals surface area contributed by atoms with Gasteiger partial charge in [-0.05, 0) is 64.5 Å². The van der Waals surface area contributed by atoms with Crippen LogP contribution in [0, 0.1) is 0 Å². The van der Waals surface area contributed by atoms with E-state index in [9.17, 15) is 14.7 Å². The van der Waals surface area contributed by atoms with Crippen molar-refractivity contribution in [3.05, 3.63) is 0 Å². The second kappa shape index (κ2) is 48.0. The molecule has 0 saturated heterocycles. The third-order valence-electron chi connectivity index (χ3n) is 11.0. The molecule has 0 aromatic heterocycles. The van der Waals surface area contributed by atoms with Crippen molar-refractivity contribution in [1.29, 1.82) is 0 Å². The van der Waals surface area contributed by atoms with Crippen LogP contribution in [0.15, 0.2) is 0 Å². The van der Waals surface area contributed by atoms with Crippen LogP contribution in [0.1, 0.15) is 247 Å². The SMILES string of the molecule is CCCCCCCCN(C=O)CCCCCC.CCCCCCCCN(CCCO)CCCCCCCC(=O)N(CCCCCC)CCCCCCCC. The van der Waals surface area contributed by atoms with Gasteiger partial charge in [-0.15, -0.1) is 0 Å². The van der Waals surface area contributed by atoms with Crippen molar-refractivity contribution < 1.29 is 14.7 Å². The zero-order valence-corrected chi connectivity index (χ0v) is 37.7. The number of carbonyl (C=O) groups is 2. The van der Waals surface area contributed by atoms with E-state index in [1.807, 2.05) is 4.90 Å². The molecule has 0 aliphatic heterocycles. The smallest absolute Gasteiger partial charge is 0.222 e. The Morgan fingerprint density at radius 3 is 1.06 bits per heavy atom. The van der Waals surface area contributed by atoms with Gasteiger partial charge >= 0.3 is 0 Å². The third-order valence-corrected chi connectivity index (χ3v) is 11.0. The number of amides is 2. The number of rotatable bonds is 43. The van der Waals surface area contributed by atoms with Crippen molar-refractivity contribution in [3.8, 4) is 0 Å². The Labute approximate surface area is 339 Å². The monoisotopic (exact) mass is 766 g/mol. The molecule has 0 heterocycles. The van der Waals surface area contributed by atoms with Crippen LogP contribution in [0.25, 0.3) is 0 Å². The Morgan fingerprint density at radius 2 is 0.685 bits per heavy atom. The van der Waals surface area contributed by atoms with Gasteiger partial charge in [-0.25, -0.2) is 0 Å². The molecule has 0 radical (unpaired) electrons. The molecule has 0 rings (SSSR count). The summed E-state index contributed by atoms with van der Waals surface area (Å²) >= 11 is 0. The fourth-order valence-corrected chi connectivity index (χ4v) is 7.27. The molecular weight excluding hydrogens is 667 g/mol. The number of hydrogen-bond acceptors (Lipinski definition) is 4. The van der Waals surface area contributed by atoms with E-state index in [-0.39, 0.29) is 0 Å². The van der Waals surface area contributed by atoms with Crippen LogP contribution in [0.5, 0.6) is 0 Å². The molecule has 0 fully saturated rings. The van der Waals surface area contributed by atoms with Crippen LogP contribution >= 0.6 is 0 Å². The maximum atomic E-state index is 12.9. The van der Waals surface area contributed by atoms with Gasteiger partial charge in [0.15, 0.2) is 0 Å². The Balaban J connectivity index is 0. The van der Waals surface area contributed by atoms with Crippen molar-refractivity contribution in [1.82, 2.24) is 14.7 Å². The first-order valence-corrected chi connectivity index (χ1v) is 24.3. The zero-order valence-electron chi connectivity index (χ0n) is 37.7. The maximum absolute atomic E-state index is 12.9. The summed E-state index contributed by atoms with van der Waals surface area (Å²) in [7, 11) is 0. The minimum atomic E-state index is 0.301. The standard InChI is InChI=1S/C33H68N2O2.C15H31NO/c1-4-7-10-13-17-21-27-34(29-25-32-36)28-22-18-15-16-20-26-33(37)35(30-23-12-9-6-3)31-24-19-14-11-8-5-2;1-3-5-7-9-10-12-14-16(15-17)13-11-8-6-4-2/h36H,4-32H2,1-3H3;15H,3-14H2,1-2H3. The van der Waals surface area contributed by atoms with E-state index in [1.54, 1.807) is 0 Å². The van der Waals surface area contributed by atoms with Gasteiger partial charge in [0.05, 0.1) is 0 Å². The van der Waals surface area contributed by atoms with Crippen molar-refractivity contribution in [2.24, 2.45) is 0 Å². The lowest BCUT2D eigenvalue weighted by Crippen LogP contribution is -2.32. The van der Waals surface area contributed by atoms with Gasteiger partial charge in [-0.3, -0.25) is 9.59 Å². The lowest BCUT2D eigenvalue weighted by Gasteiger charge is -2.23. The van der Waals surface area contributed by atoms with E-state index < -0.39 is 0 Å². The highest BCUT2D eigenvalue weighted by Crippen LogP contribution is 2.13. The number of hydrogen-bond donors (Lipinski definition) is 1. The van der Waals surface area contributed by atoms with Crippen LogP contribution in [0.3, 0.4) is 0 Å². The Bertz CT molecular complexity index is 721. The number of carbonyl (C=O) groups excluding carboxylic acids is 2. The summed E-state index contributed by atoms with van der Waals surface area (Å²) in [5, 5.41) is 9.24. The summed E-state index contributed by atoms with van der Waals surface area (Å²) in [5.74, 6) is 0.402. The van der Waals surface area contributed by atoms with Crippen molar-refractivity contribution in [2.75, 3.05) is 52.4 Å². The fourth-order valence-electron chi connectivity index (χ4n) is 7.27. The summed E-state index contributed by atoms with van der Waals surface area (Å²) in [5.41, 5.74) is 0. The van der Waals surface area contributed by atoms with Gasteiger partial charge in [0.1, 0.15) is 0 Å². The lowest BCUT2D eigenvalue weighted by molar-refractivity contribution is -0.131. The second-order valence-corrected chi connectivity index (χ2v) is 16.4. The fraction of sp³-hybridized carbons (Fsp3) is 0.958. The van der Waals surface area contributed by atoms with Gasteiger partial charge in [0, 0.05) is 45.8 Å². The molecule has 6 heteroatoms. The van der Waals surface area contributed by atoms with Crippen LogP contribution in [0.2, 0.25) is 0 Å². The van der Waals surface area contributed by atoms with Crippen molar-refractivity contribution in [2.45, 2.75) is 247 Å². The average molecular weight is 766 g/mol. The molecule has 0 unspecified atom stereocenters. The highest BCUT2D eigenvalue weighted by molar-refractivity contribution is 5.76. The molecule has 0 saturated carbocycles. The van der Waals surface area contributed by atoms with E-state index in [4.69, 9.17) is 0 Å². The summed E-state index contributed by atoms with van der Waals surface area (Å²) in [4.78, 5) is 30.5. The van der Waals surface area contributed by atoms with Gasteiger partial charge in [-0.1, -0.05) is 189 Å². The summed E-state index contributed by atoms with van der Waals surface area (Å²) < 4.78 is 0. The van der Waals surface area contributed by atoms with Gasteiger partial charge in [0.2, 0.25) is 12.3 Å². The quantitative estimate of drug-likeness (QED) is 0.0496. The Morgan fingerprint density at radius 1 is 0.389 bits per heavy atom. The summed E-state index contributed by atoms with van der Waals surface area (Å²) in [6, 6.07) is 0. The van der Waals surface area contributed by atoms with E-state index >= 15 is 0 Å². The summed E-state index contributed by atoms with van der Waals surface area (Å²) in [6.07, 6.45) is 42.2. The minimum Gasteiger partial charge on any atom is -0.396 e. The molecule has 0 aliphatic carbocycles. The highest BCUT2D eigenvalue weighted by Gasteiger charge is 2.13. The first kappa shape index (κ1) is 55.0. The molecule has 0 atom stereocenters. The number of aliphatic hydroxyl groups is 1. The van der Waals surface area contributed by atoms with E-state index in [0.29, 0.717) is 12.5 Å². The molecule has 2 amide bonds. The van der Waals surface area contributed by atoms with Crippen LogP contribution in [-0.2, 0) is 9.59 Å². The minimum absolute atomic E-state index is 0.301. The van der Waals surface area contributed by atoms with Crippen molar-refractivity contribution in [3.63, 3.8) is 0 Å². The normalized spacial score (nSPS) is 11.2. The Hall–Kier alpha value is -1.14. The summed E-state index contributed by atoms with van der Waals surface area (Å²) in [6.45, 7) is 18.8. The lowest BCUT2D eigenvalue weighted by atomic mass is 10.1. The molecule has 324 valence electrons. The molecule has 0 aromatic rings. The molecule has 6 nitrogen and oxygen atoms in total. The molecular formula is C48H99N3O3. The first-order valence-electron chi connectivity index (χ1n) is 24.3. The molecule has 0 spiro atoms. The van der Waals surface area contributed by atoms with Crippen LogP contribution < -0.4 is 0 Å². The first-order chi connectivity index (χ1) is 26.5. The van der Waals surface area contributed by atoms with Crippen LogP contribution in [0.4, 0.5) is 0 Å². The van der Waals surface area contributed by atoms with Gasteiger partial charge in [0.25, 0.3) is 0 Å². The van der Waals surface area contributed by atoms with E-state index in [0.717, 1.165) is 64.9 Å². The molecule has 0 aliphatic rings. The largest absolute Gasteiger partial charge is 0.396 e. The number of unbranched alkanes of at least 4 members (excludes halogenated alkanes) is 25. The number of nitrogens with zero attached hydrogens (tertiary/aromatic N) is 3. The predicted molar refractivity (Wildman–Crippen MR) is 238 cm³/mol. The number of aliphatic hydroxyl groups excluding tert-OH is 1. The Kier molecular flexibility index (Phi) is 48.9. The maximum Gasteiger partial charge on any atom is 0.222 e. The predicted octanol–water partition coefficient (Wildman–Crippen LogP) is 13.5. The van der Waals surface area contributed by atoms with Crippen LogP contribution in [-0.4, -0.2) is 84.5 Å². The van der Waals surface area contributed by atoms with Gasteiger partial charge < -0.3 is 19.8 Å². The van der Waals surface area contributed by atoms with Crippen molar-refractivity contribution >= 4 is 12.3 Å². The van der Waals surface area contributed by atoms with Gasteiger partial charge in [-0.2, -0.15) is 0 Å². The average Bonchev–Trinajstić information content (AvgIpc) is 3.18. The highest BCUT2D eigenvalue weighted by atomic mass is 16.3. The third kappa shape index (κ3) is 42.0. The zero-order chi connectivity index (χ0) is 40.0. The molecule has 0 bridgehead atoms. The topological polar surface area (TPSA) is 64.1 Å². The van der Waals surface area contributed by atoms with E-state index in [1.165, 1.54) is 199 Å². The molecule has 1 N–H and O–H groups in total. The van der Waals surface area contributed by atoms with E-state index in [2.05, 4.69) is 44.4 Å².